The van der Waals surface area contributed by atoms with Crippen LogP contribution in [0.2, 0.25) is 0 Å². The first-order valence-corrected chi connectivity index (χ1v) is 14.1. The number of phenols is 1. The number of aromatic hydroxyl groups is 1. The number of benzene rings is 2. The number of carboxylic acid groups (broad SMARTS) is 2. The third kappa shape index (κ3) is 8.79. The van der Waals surface area contributed by atoms with Crippen molar-refractivity contribution in [2.75, 3.05) is 0 Å². The number of aliphatic carboxylic acids is 2. The van der Waals surface area contributed by atoms with Gasteiger partial charge in [-0.1, -0.05) is 30.3 Å². The molecule has 1 saturated heterocycles. The number of primary amides is 1. The summed E-state index contributed by atoms with van der Waals surface area (Å²) in [6.45, 7) is 0. The molecular weight excluding hydrogens is 590 g/mol. The Balaban J connectivity index is 1.38. The zero-order valence-electron chi connectivity index (χ0n) is 23.9. The number of hydrogen-bond donors (Lipinski definition) is 8. The van der Waals surface area contributed by atoms with Gasteiger partial charge in [-0.3, -0.25) is 24.0 Å². The molecule has 2 heterocycles. The van der Waals surface area contributed by atoms with Gasteiger partial charge in [0.05, 0.1) is 0 Å². The molecule has 9 N–H and O–H groups in total. The van der Waals surface area contributed by atoms with Crippen LogP contribution in [0.15, 0.2) is 54.7 Å². The number of carbonyl (C=O) groups excluding carboxylic acids is 4. The zero-order valence-corrected chi connectivity index (χ0v) is 23.9. The molecule has 1 fully saturated rings. The van der Waals surface area contributed by atoms with Gasteiger partial charge in [0.1, 0.15) is 23.9 Å². The largest absolute Gasteiger partial charge is 0.508 e. The highest BCUT2D eigenvalue weighted by Crippen LogP contribution is 2.24. The van der Waals surface area contributed by atoms with Crippen LogP contribution in [-0.4, -0.2) is 86.2 Å². The van der Waals surface area contributed by atoms with Gasteiger partial charge in [0, 0.05) is 36.4 Å². The molecule has 238 valence electrons. The second-order valence-electron chi connectivity index (χ2n) is 10.6. The number of H-pyrrole nitrogens is 1. The van der Waals surface area contributed by atoms with Crippen molar-refractivity contribution in [3.05, 3.63) is 65.9 Å². The molecule has 0 radical (unpaired) electrons. The molecule has 3 aromatic rings. The Morgan fingerprint density at radius 2 is 1.49 bits per heavy atom. The molecule has 2 aromatic carbocycles. The van der Waals surface area contributed by atoms with Crippen molar-refractivity contribution in [3.8, 4) is 5.75 Å². The quantitative estimate of drug-likeness (QED) is 0.0967. The summed E-state index contributed by atoms with van der Waals surface area (Å²) >= 11 is 0. The lowest BCUT2D eigenvalue weighted by molar-refractivity contribution is -0.142. The van der Waals surface area contributed by atoms with Gasteiger partial charge in [-0.05, 0) is 42.2 Å². The van der Waals surface area contributed by atoms with E-state index in [0.717, 1.165) is 10.9 Å². The number of amides is 4. The number of nitrogens with one attached hydrogen (secondary N) is 4. The number of ether oxygens (including phenoxy) is 1. The van der Waals surface area contributed by atoms with Crippen molar-refractivity contribution < 1.29 is 48.8 Å². The third-order valence-electron chi connectivity index (χ3n) is 7.27. The molecule has 15 nitrogen and oxygen atoms in total. The van der Waals surface area contributed by atoms with Crippen molar-refractivity contribution >= 4 is 46.5 Å². The lowest BCUT2D eigenvalue weighted by atomic mass is 10.0. The van der Waals surface area contributed by atoms with Gasteiger partial charge in [0.15, 0.2) is 12.2 Å². The van der Waals surface area contributed by atoms with E-state index in [1.807, 2.05) is 24.3 Å². The predicted octanol–water partition coefficient (Wildman–Crippen LogP) is -0.295. The average Bonchev–Trinajstić information content (AvgIpc) is 3.71. The third-order valence-corrected chi connectivity index (χ3v) is 7.27. The smallest absolute Gasteiger partial charge is 0.326 e. The van der Waals surface area contributed by atoms with Gasteiger partial charge in [-0.25, -0.2) is 4.79 Å². The van der Waals surface area contributed by atoms with Gasteiger partial charge >= 0.3 is 11.9 Å². The topological polar surface area (TPSA) is 254 Å². The molecule has 45 heavy (non-hydrogen) atoms. The number of fused-ring (bicyclic) bond motifs is 1. The molecule has 1 aliphatic rings. The highest BCUT2D eigenvalue weighted by molar-refractivity contribution is 5.98. The summed E-state index contributed by atoms with van der Waals surface area (Å²) in [5.41, 5.74) is 7.63. The zero-order chi connectivity index (χ0) is 32.7. The van der Waals surface area contributed by atoms with Crippen LogP contribution in [0, 0.1) is 0 Å². The van der Waals surface area contributed by atoms with Crippen LogP contribution in [-0.2, 0) is 46.3 Å². The summed E-state index contributed by atoms with van der Waals surface area (Å²) in [6.07, 6.45) is -1.43. The Morgan fingerprint density at radius 3 is 2.11 bits per heavy atom. The molecule has 0 saturated carbocycles. The number of aromatic nitrogens is 1. The summed E-state index contributed by atoms with van der Waals surface area (Å²) in [4.78, 5) is 77.0. The Bertz CT molecular complexity index is 1590. The highest BCUT2D eigenvalue weighted by Gasteiger charge is 2.51. The van der Waals surface area contributed by atoms with E-state index in [1.165, 1.54) is 24.3 Å². The van der Waals surface area contributed by atoms with Gasteiger partial charge < -0.3 is 46.7 Å². The monoisotopic (exact) mass is 623 g/mol. The second kappa shape index (κ2) is 14.4. The van der Waals surface area contributed by atoms with E-state index in [0.29, 0.717) is 11.1 Å². The van der Waals surface area contributed by atoms with E-state index in [2.05, 4.69) is 20.9 Å². The summed E-state index contributed by atoms with van der Waals surface area (Å²) in [5, 5.41) is 36.1. The van der Waals surface area contributed by atoms with Crippen molar-refractivity contribution in [3.63, 3.8) is 0 Å². The molecule has 4 rings (SSSR count). The number of phenolic OH excluding ortho intramolecular Hbond substituents is 1. The fourth-order valence-corrected chi connectivity index (χ4v) is 4.83. The maximum atomic E-state index is 13.2. The average molecular weight is 624 g/mol. The SMILES string of the molecule is NC(=O)[C@H](Cc1c[nH]c2ccccc12)NC(=O)[C@H](CCCC(=O)O)NC(=O)[C@H]1O[C@@H]1C(=O)N[C@@H](Cc1ccc(O)cc1)C(=O)O. The molecule has 4 amide bonds. The van der Waals surface area contributed by atoms with Gasteiger partial charge in [-0.2, -0.15) is 0 Å². The Hall–Kier alpha value is -5.44. The summed E-state index contributed by atoms with van der Waals surface area (Å²) in [7, 11) is 0. The first-order chi connectivity index (χ1) is 21.4. The number of para-hydroxylation sites is 1. The maximum Gasteiger partial charge on any atom is 0.326 e. The lowest BCUT2D eigenvalue weighted by Crippen LogP contribution is -2.54. The maximum absolute atomic E-state index is 13.2. The van der Waals surface area contributed by atoms with E-state index in [1.54, 1.807) is 6.20 Å². The lowest BCUT2D eigenvalue weighted by Gasteiger charge is -2.21. The minimum Gasteiger partial charge on any atom is -0.508 e. The van der Waals surface area contributed by atoms with Gasteiger partial charge in [0.2, 0.25) is 11.8 Å². The predicted molar refractivity (Wildman–Crippen MR) is 157 cm³/mol. The van der Waals surface area contributed by atoms with Gasteiger partial charge in [0.25, 0.3) is 11.8 Å². The van der Waals surface area contributed by atoms with E-state index in [9.17, 15) is 39.0 Å². The molecular formula is C30H33N5O10. The second-order valence-corrected chi connectivity index (χ2v) is 10.6. The van der Waals surface area contributed by atoms with Crippen molar-refractivity contribution in [2.24, 2.45) is 5.73 Å². The molecule has 15 heteroatoms. The minimum absolute atomic E-state index is 0.00434. The summed E-state index contributed by atoms with van der Waals surface area (Å²) in [6, 6.07) is 9.27. The van der Waals surface area contributed by atoms with Crippen molar-refractivity contribution in [1.82, 2.24) is 20.9 Å². The normalized spacial score (nSPS) is 17.4. The number of hydrogen-bond acceptors (Lipinski definition) is 8. The van der Waals surface area contributed by atoms with Crippen LogP contribution < -0.4 is 21.7 Å². The number of nitrogens with two attached hydrogens (primary N) is 1. The molecule has 0 unspecified atom stereocenters. The van der Waals surface area contributed by atoms with Crippen LogP contribution >= 0.6 is 0 Å². The van der Waals surface area contributed by atoms with Crippen LogP contribution in [0.5, 0.6) is 5.75 Å². The summed E-state index contributed by atoms with van der Waals surface area (Å²) in [5.74, 6) is -5.79. The summed E-state index contributed by atoms with van der Waals surface area (Å²) < 4.78 is 5.19. The first kappa shape index (κ1) is 32.5. The van der Waals surface area contributed by atoms with Gasteiger partial charge in [-0.15, -0.1) is 0 Å². The van der Waals surface area contributed by atoms with E-state index >= 15 is 0 Å². The Kier molecular flexibility index (Phi) is 10.4. The first-order valence-electron chi connectivity index (χ1n) is 14.1. The standard InChI is InChI=1S/C30H33N5O10/c31-26(39)21(13-16-14-32-19-5-2-1-4-18(16)19)34-27(40)20(6-3-7-23(37)38)33-28(41)24-25(45-24)29(42)35-22(30(43)44)12-15-8-10-17(36)11-9-15/h1-2,4-5,8-11,14,20-22,24-25,32,36H,3,6-7,12-13H2,(H2,31,39)(H,33,41)(H,34,40)(H,35,42)(H,37,38)(H,43,44)/t20-,21-,22-,24-,25-/m0/s1. The Labute approximate surface area is 256 Å². The van der Waals surface area contributed by atoms with Crippen molar-refractivity contribution in [1.29, 1.82) is 0 Å². The van der Waals surface area contributed by atoms with Crippen LogP contribution in [0.1, 0.15) is 30.4 Å². The van der Waals surface area contributed by atoms with E-state index < -0.39 is 65.9 Å². The van der Waals surface area contributed by atoms with E-state index in [-0.39, 0.29) is 37.9 Å². The fourth-order valence-electron chi connectivity index (χ4n) is 4.83. The molecule has 0 aliphatic carbocycles. The molecule has 5 atom stereocenters. The van der Waals surface area contributed by atoms with Crippen molar-refractivity contribution in [2.45, 2.75) is 62.4 Å². The minimum atomic E-state index is -1.35. The Morgan fingerprint density at radius 1 is 0.844 bits per heavy atom. The van der Waals surface area contributed by atoms with Crippen LogP contribution in [0.4, 0.5) is 0 Å². The number of carbonyl (C=O) groups is 6. The van der Waals surface area contributed by atoms with E-state index in [4.69, 9.17) is 15.6 Å². The molecule has 0 bridgehead atoms. The molecule has 0 spiro atoms. The number of rotatable bonds is 16. The van der Waals surface area contributed by atoms with Crippen LogP contribution in [0.3, 0.4) is 0 Å². The number of carboxylic acids is 2. The molecule has 1 aliphatic heterocycles. The highest BCUT2D eigenvalue weighted by atomic mass is 16.6. The number of aromatic amines is 1. The van der Waals surface area contributed by atoms with Crippen LogP contribution in [0.25, 0.3) is 10.9 Å². The molecule has 1 aromatic heterocycles. The number of epoxide rings is 1. The fraction of sp³-hybridized carbons (Fsp3) is 0.333.